The molecule has 2 aliphatic rings. The summed E-state index contributed by atoms with van der Waals surface area (Å²) in [6, 6.07) is 25.5. The molecular formula is C30H26O4. The molecule has 4 aromatic rings. The summed E-state index contributed by atoms with van der Waals surface area (Å²) < 4.78 is 12.4. The monoisotopic (exact) mass is 450 g/mol. The summed E-state index contributed by atoms with van der Waals surface area (Å²) in [7, 11) is 0. The molecule has 0 aliphatic heterocycles. The van der Waals surface area contributed by atoms with E-state index in [1.54, 1.807) is 0 Å². The van der Waals surface area contributed by atoms with Gasteiger partial charge in [0.15, 0.2) is 0 Å². The maximum absolute atomic E-state index is 9.55. The number of hydrogen-bond acceptors (Lipinski definition) is 4. The van der Waals surface area contributed by atoms with Crippen LogP contribution < -0.4 is 0 Å². The zero-order valence-corrected chi connectivity index (χ0v) is 18.8. The second-order valence-electron chi connectivity index (χ2n) is 8.78. The van der Waals surface area contributed by atoms with E-state index in [-0.39, 0.29) is 38.3 Å². The summed E-state index contributed by atoms with van der Waals surface area (Å²) >= 11 is 0. The zero-order valence-electron chi connectivity index (χ0n) is 18.8. The van der Waals surface area contributed by atoms with E-state index in [0.29, 0.717) is 0 Å². The Morgan fingerprint density at radius 3 is 1.38 bits per heavy atom. The van der Waals surface area contributed by atoms with Crippen LogP contribution in [-0.2, 0) is 9.47 Å². The van der Waals surface area contributed by atoms with Gasteiger partial charge in [0.25, 0.3) is 0 Å². The molecule has 4 heteroatoms. The van der Waals surface area contributed by atoms with Crippen LogP contribution >= 0.6 is 0 Å². The second kappa shape index (κ2) is 8.64. The van der Waals surface area contributed by atoms with Gasteiger partial charge in [-0.1, -0.05) is 72.8 Å². The summed E-state index contributed by atoms with van der Waals surface area (Å²) in [6.07, 6.45) is 4.22. The fourth-order valence-corrected chi connectivity index (χ4v) is 5.63. The molecule has 170 valence electrons. The van der Waals surface area contributed by atoms with Gasteiger partial charge in [-0.25, -0.2) is 0 Å². The molecule has 4 nitrogen and oxygen atoms in total. The minimum Gasteiger partial charge on any atom is -0.495 e. The molecule has 0 spiro atoms. The number of aliphatic hydroxyl groups is 2. The largest absolute Gasteiger partial charge is 0.495 e. The molecule has 0 saturated carbocycles. The molecule has 0 bridgehead atoms. The maximum Gasteiger partial charge on any atom is 0.111 e. The lowest BCUT2D eigenvalue weighted by atomic mass is 9.71. The summed E-state index contributed by atoms with van der Waals surface area (Å²) in [4.78, 5) is 0. The van der Waals surface area contributed by atoms with Crippen LogP contribution in [0.2, 0.25) is 0 Å². The van der Waals surface area contributed by atoms with E-state index in [2.05, 4.69) is 84.9 Å². The predicted octanol–water partition coefficient (Wildman–Crippen LogP) is 5.59. The van der Waals surface area contributed by atoms with Gasteiger partial charge in [0.1, 0.15) is 24.7 Å². The van der Waals surface area contributed by atoms with Crippen LogP contribution in [-0.4, -0.2) is 36.6 Å². The molecule has 2 atom stereocenters. The lowest BCUT2D eigenvalue weighted by Crippen LogP contribution is -2.24. The first-order valence-electron chi connectivity index (χ1n) is 11.7. The normalized spacial score (nSPS) is 18.5. The van der Waals surface area contributed by atoms with Crippen LogP contribution in [0.3, 0.4) is 0 Å². The molecule has 0 heterocycles. The van der Waals surface area contributed by atoms with E-state index in [1.165, 1.54) is 32.7 Å². The highest BCUT2D eigenvalue weighted by molar-refractivity contribution is 5.99. The zero-order chi connectivity index (χ0) is 23.1. The van der Waals surface area contributed by atoms with Crippen LogP contribution in [0.15, 0.2) is 84.3 Å². The average Bonchev–Trinajstić information content (AvgIpc) is 2.87. The van der Waals surface area contributed by atoms with Crippen LogP contribution in [0.1, 0.15) is 34.1 Å². The van der Waals surface area contributed by atoms with Gasteiger partial charge in [0, 0.05) is 0 Å². The van der Waals surface area contributed by atoms with Crippen molar-refractivity contribution in [3.8, 4) is 0 Å². The van der Waals surface area contributed by atoms with Gasteiger partial charge in [-0.3, -0.25) is 0 Å². The number of hydrogen-bond donors (Lipinski definition) is 2. The molecule has 2 N–H and O–H groups in total. The fraction of sp³-hybridized carbons (Fsp3) is 0.200. The molecule has 0 aromatic heterocycles. The Hall–Kier alpha value is -3.60. The predicted molar refractivity (Wildman–Crippen MR) is 135 cm³/mol. The Morgan fingerprint density at radius 1 is 0.559 bits per heavy atom. The standard InChI is InChI=1S/C30H26O4/c31-13-15-33-25-17-21-9-1-5-19-7-3-11-23(27(19)21)29(25)30-24-12-4-8-20-6-2-10-22(28(20)24)18-26(30)34-16-14-32/h1-12,17-18,29-32H,13-16H2. The quantitative estimate of drug-likeness (QED) is 0.386. The van der Waals surface area contributed by atoms with E-state index in [4.69, 9.17) is 9.47 Å². The Labute approximate surface area is 198 Å². The van der Waals surface area contributed by atoms with E-state index in [1.807, 2.05) is 0 Å². The summed E-state index contributed by atoms with van der Waals surface area (Å²) in [6.45, 7) is 0.348. The summed E-state index contributed by atoms with van der Waals surface area (Å²) in [5.41, 5.74) is 4.61. The van der Waals surface area contributed by atoms with Crippen LogP contribution in [0, 0.1) is 0 Å². The molecule has 2 unspecified atom stereocenters. The van der Waals surface area contributed by atoms with Gasteiger partial charge in [0.05, 0.1) is 25.0 Å². The van der Waals surface area contributed by atoms with Crippen LogP contribution in [0.4, 0.5) is 0 Å². The van der Waals surface area contributed by atoms with Crippen molar-refractivity contribution in [2.75, 3.05) is 26.4 Å². The topological polar surface area (TPSA) is 58.9 Å². The van der Waals surface area contributed by atoms with E-state index in [0.717, 1.165) is 22.6 Å². The van der Waals surface area contributed by atoms with Gasteiger partial charge < -0.3 is 19.7 Å². The van der Waals surface area contributed by atoms with E-state index in [9.17, 15) is 10.2 Å². The third-order valence-electron chi connectivity index (χ3n) is 6.87. The minimum atomic E-state index is -0.131. The van der Waals surface area contributed by atoms with Crippen molar-refractivity contribution in [3.63, 3.8) is 0 Å². The minimum absolute atomic E-state index is 0.0529. The smallest absolute Gasteiger partial charge is 0.111 e. The number of allylic oxidation sites excluding steroid dienone is 2. The van der Waals surface area contributed by atoms with E-state index < -0.39 is 0 Å². The fourth-order valence-electron chi connectivity index (χ4n) is 5.63. The van der Waals surface area contributed by atoms with Crippen LogP contribution in [0.25, 0.3) is 33.7 Å². The SMILES string of the molecule is OCCOC1=Cc2cccc3cccc(c23)C1C1C(OCCO)=Cc2cccc3cccc1c23. The average molecular weight is 451 g/mol. The third kappa shape index (κ3) is 3.30. The van der Waals surface area contributed by atoms with Gasteiger partial charge in [-0.15, -0.1) is 0 Å². The lowest BCUT2D eigenvalue weighted by molar-refractivity contribution is 0.116. The van der Waals surface area contributed by atoms with Gasteiger partial charge in [-0.05, 0) is 56.0 Å². The van der Waals surface area contributed by atoms with Gasteiger partial charge in [-0.2, -0.15) is 0 Å². The molecular weight excluding hydrogens is 424 g/mol. The Kier molecular flexibility index (Phi) is 5.33. The maximum atomic E-state index is 9.55. The molecule has 0 radical (unpaired) electrons. The Morgan fingerprint density at radius 2 is 0.971 bits per heavy atom. The highest BCUT2D eigenvalue weighted by atomic mass is 16.5. The molecule has 0 amide bonds. The number of rotatable bonds is 7. The lowest BCUT2D eigenvalue weighted by Gasteiger charge is -2.37. The van der Waals surface area contributed by atoms with Crippen LogP contribution in [0.5, 0.6) is 0 Å². The highest BCUT2D eigenvalue weighted by Crippen LogP contribution is 2.53. The van der Waals surface area contributed by atoms with Gasteiger partial charge >= 0.3 is 0 Å². The summed E-state index contributed by atoms with van der Waals surface area (Å²) in [5, 5.41) is 23.9. The third-order valence-corrected chi connectivity index (χ3v) is 6.87. The van der Waals surface area contributed by atoms with Crippen molar-refractivity contribution in [1.29, 1.82) is 0 Å². The summed E-state index contributed by atoms with van der Waals surface area (Å²) in [5.74, 6) is 1.38. The highest BCUT2D eigenvalue weighted by Gasteiger charge is 2.39. The van der Waals surface area contributed by atoms with Crippen molar-refractivity contribution in [3.05, 3.63) is 107 Å². The van der Waals surface area contributed by atoms with Crippen molar-refractivity contribution < 1.29 is 19.7 Å². The van der Waals surface area contributed by atoms with E-state index >= 15 is 0 Å². The van der Waals surface area contributed by atoms with Crippen molar-refractivity contribution in [2.24, 2.45) is 0 Å². The molecule has 0 saturated heterocycles. The second-order valence-corrected chi connectivity index (χ2v) is 8.78. The number of aliphatic hydroxyl groups excluding tert-OH is 2. The number of benzene rings is 4. The molecule has 6 rings (SSSR count). The molecule has 2 aliphatic carbocycles. The van der Waals surface area contributed by atoms with Crippen molar-refractivity contribution in [2.45, 2.75) is 11.8 Å². The first-order chi connectivity index (χ1) is 16.8. The van der Waals surface area contributed by atoms with Crippen molar-refractivity contribution in [1.82, 2.24) is 0 Å². The molecule has 4 aromatic carbocycles. The van der Waals surface area contributed by atoms with Gasteiger partial charge in [0.2, 0.25) is 0 Å². The number of ether oxygens (including phenoxy) is 2. The van der Waals surface area contributed by atoms with Crippen molar-refractivity contribution >= 4 is 33.7 Å². The molecule has 34 heavy (non-hydrogen) atoms. The first-order valence-corrected chi connectivity index (χ1v) is 11.7. The Balaban J connectivity index is 1.62. The Bertz CT molecular complexity index is 1330. The first kappa shape index (κ1) is 21.0. The molecule has 0 fully saturated rings.